The minimum absolute atomic E-state index is 0.555. The van der Waals surface area contributed by atoms with Crippen molar-refractivity contribution < 1.29 is 4.74 Å². The van der Waals surface area contributed by atoms with E-state index in [1.54, 1.807) is 0 Å². The van der Waals surface area contributed by atoms with Crippen LogP contribution >= 0.6 is 11.8 Å². The first-order valence-electron chi connectivity index (χ1n) is 9.52. The third-order valence-electron chi connectivity index (χ3n) is 4.88. The van der Waals surface area contributed by atoms with E-state index in [1.165, 1.54) is 31.4 Å². The Morgan fingerprint density at radius 3 is 2.46 bits per heavy atom. The third-order valence-corrected chi connectivity index (χ3v) is 5.57. The molecule has 0 amide bonds. The third kappa shape index (κ3) is 8.08. The SMILES string of the molecule is CCC(CC)C(CNC(=NC)NCCCCSC)N1CCOCC1. The van der Waals surface area contributed by atoms with Gasteiger partial charge in [0.1, 0.15) is 0 Å². The van der Waals surface area contributed by atoms with Gasteiger partial charge in [0, 0.05) is 39.3 Å². The van der Waals surface area contributed by atoms with Crippen molar-refractivity contribution in [1.82, 2.24) is 15.5 Å². The number of morpholine rings is 1. The Bertz CT molecular complexity index is 331. The number of thioether (sulfide) groups is 1. The zero-order valence-corrected chi connectivity index (χ0v) is 17.0. The molecule has 1 atom stereocenters. The Kier molecular flexibility index (Phi) is 12.4. The van der Waals surface area contributed by atoms with Crippen LogP contribution < -0.4 is 10.6 Å². The molecule has 5 nitrogen and oxygen atoms in total. The molecule has 0 aliphatic carbocycles. The van der Waals surface area contributed by atoms with Gasteiger partial charge in [-0.25, -0.2) is 0 Å². The van der Waals surface area contributed by atoms with Gasteiger partial charge in [0.05, 0.1) is 13.2 Å². The first-order chi connectivity index (χ1) is 11.8. The molecule has 1 fully saturated rings. The maximum Gasteiger partial charge on any atom is 0.191 e. The van der Waals surface area contributed by atoms with Crippen LogP contribution in [0.25, 0.3) is 0 Å². The molecule has 0 spiro atoms. The smallest absolute Gasteiger partial charge is 0.191 e. The molecule has 24 heavy (non-hydrogen) atoms. The van der Waals surface area contributed by atoms with Gasteiger partial charge in [-0.3, -0.25) is 9.89 Å². The number of guanidine groups is 1. The van der Waals surface area contributed by atoms with Crippen molar-refractivity contribution >= 4 is 17.7 Å². The van der Waals surface area contributed by atoms with Crippen LogP contribution in [0.15, 0.2) is 4.99 Å². The highest BCUT2D eigenvalue weighted by atomic mass is 32.2. The van der Waals surface area contributed by atoms with Crippen molar-refractivity contribution in [3.05, 3.63) is 0 Å². The standard InChI is InChI=1S/C18H38N4OS/c1-5-16(6-2)17(22-10-12-23-13-11-22)15-21-18(19-3)20-9-7-8-14-24-4/h16-17H,5-15H2,1-4H3,(H2,19,20,21). The molecular weight excluding hydrogens is 320 g/mol. The highest BCUT2D eigenvalue weighted by molar-refractivity contribution is 7.98. The molecule has 0 bridgehead atoms. The Hall–Kier alpha value is -0.460. The first kappa shape index (κ1) is 21.6. The molecule has 0 aromatic carbocycles. The summed E-state index contributed by atoms with van der Waals surface area (Å²) in [6.07, 6.45) is 7.07. The van der Waals surface area contributed by atoms with Crippen molar-refractivity contribution in [3.63, 3.8) is 0 Å². The lowest BCUT2D eigenvalue weighted by Gasteiger charge is -2.39. The molecule has 6 heteroatoms. The van der Waals surface area contributed by atoms with E-state index in [4.69, 9.17) is 4.74 Å². The maximum atomic E-state index is 5.53. The molecule has 0 radical (unpaired) electrons. The lowest BCUT2D eigenvalue weighted by atomic mass is 9.92. The Morgan fingerprint density at radius 2 is 1.88 bits per heavy atom. The Labute approximate surface area is 153 Å². The normalized spacial score (nSPS) is 18.0. The summed E-state index contributed by atoms with van der Waals surface area (Å²) in [6.45, 7) is 10.4. The fraction of sp³-hybridized carbons (Fsp3) is 0.944. The molecule has 1 aliphatic rings. The molecule has 0 saturated carbocycles. The van der Waals surface area contributed by atoms with Crippen LogP contribution in [0.4, 0.5) is 0 Å². The van der Waals surface area contributed by atoms with Crippen molar-refractivity contribution in [2.75, 3.05) is 58.4 Å². The zero-order valence-electron chi connectivity index (χ0n) is 16.1. The summed E-state index contributed by atoms with van der Waals surface area (Å²) in [5.74, 6) is 2.89. The van der Waals surface area contributed by atoms with E-state index >= 15 is 0 Å². The highest BCUT2D eigenvalue weighted by Crippen LogP contribution is 2.19. The summed E-state index contributed by atoms with van der Waals surface area (Å²) in [7, 11) is 1.86. The van der Waals surface area contributed by atoms with Gasteiger partial charge >= 0.3 is 0 Å². The van der Waals surface area contributed by atoms with Crippen molar-refractivity contribution in [3.8, 4) is 0 Å². The number of aliphatic imine (C=N–C) groups is 1. The fourth-order valence-corrected chi connectivity index (χ4v) is 3.83. The summed E-state index contributed by atoms with van der Waals surface area (Å²) < 4.78 is 5.53. The second-order valence-corrected chi connectivity index (χ2v) is 7.36. The van der Waals surface area contributed by atoms with Crippen LogP contribution in [0, 0.1) is 5.92 Å². The predicted molar refractivity (Wildman–Crippen MR) is 107 cm³/mol. The van der Waals surface area contributed by atoms with Gasteiger partial charge in [0.15, 0.2) is 5.96 Å². The second-order valence-electron chi connectivity index (χ2n) is 6.37. The number of nitrogens with one attached hydrogen (secondary N) is 2. The summed E-state index contributed by atoms with van der Waals surface area (Å²) in [6, 6.07) is 0.555. The monoisotopic (exact) mass is 358 g/mol. The predicted octanol–water partition coefficient (Wildman–Crippen LogP) is 2.43. The van der Waals surface area contributed by atoms with Crippen LogP contribution in [0.2, 0.25) is 0 Å². The van der Waals surface area contributed by atoms with Gasteiger partial charge in [0.2, 0.25) is 0 Å². The highest BCUT2D eigenvalue weighted by Gasteiger charge is 2.26. The van der Waals surface area contributed by atoms with Crippen molar-refractivity contribution in [2.45, 2.75) is 45.6 Å². The van der Waals surface area contributed by atoms with E-state index in [9.17, 15) is 0 Å². The van der Waals surface area contributed by atoms with E-state index < -0.39 is 0 Å². The summed E-state index contributed by atoms with van der Waals surface area (Å²) in [5.41, 5.74) is 0. The van der Waals surface area contributed by atoms with Gasteiger partial charge in [-0.1, -0.05) is 26.7 Å². The molecule has 1 saturated heterocycles. The van der Waals surface area contributed by atoms with Crippen LogP contribution in [0.3, 0.4) is 0 Å². The number of nitrogens with zero attached hydrogens (tertiary/aromatic N) is 2. The summed E-state index contributed by atoms with van der Waals surface area (Å²) in [5, 5.41) is 7.01. The summed E-state index contributed by atoms with van der Waals surface area (Å²) >= 11 is 1.91. The van der Waals surface area contributed by atoms with Crippen LogP contribution in [0.5, 0.6) is 0 Å². The van der Waals surface area contributed by atoms with E-state index in [1.807, 2.05) is 18.8 Å². The minimum atomic E-state index is 0.555. The van der Waals surface area contributed by atoms with Gasteiger partial charge in [-0.15, -0.1) is 0 Å². The number of ether oxygens (including phenoxy) is 1. The molecule has 0 aromatic heterocycles. The molecule has 1 rings (SSSR count). The van der Waals surface area contributed by atoms with Gasteiger partial charge in [-0.05, 0) is 30.8 Å². The quantitative estimate of drug-likeness (QED) is 0.337. The van der Waals surface area contributed by atoms with Gasteiger partial charge < -0.3 is 15.4 Å². The average molecular weight is 359 g/mol. The molecule has 2 N–H and O–H groups in total. The second kappa shape index (κ2) is 13.8. The van der Waals surface area contributed by atoms with E-state index in [-0.39, 0.29) is 0 Å². The van der Waals surface area contributed by atoms with Gasteiger partial charge in [0.25, 0.3) is 0 Å². The van der Waals surface area contributed by atoms with E-state index in [0.717, 1.165) is 51.3 Å². The molecular formula is C18H38N4OS. The van der Waals surface area contributed by atoms with Crippen molar-refractivity contribution in [2.24, 2.45) is 10.9 Å². The van der Waals surface area contributed by atoms with Crippen LogP contribution in [-0.2, 0) is 4.74 Å². The van der Waals surface area contributed by atoms with Crippen LogP contribution in [-0.4, -0.2) is 75.4 Å². The number of hydrogen-bond donors (Lipinski definition) is 2. The first-order valence-corrected chi connectivity index (χ1v) is 10.9. The lowest BCUT2D eigenvalue weighted by Crippen LogP contribution is -2.53. The molecule has 0 aromatic rings. The fourth-order valence-electron chi connectivity index (χ4n) is 3.34. The molecule has 142 valence electrons. The Morgan fingerprint density at radius 1 is 1.17 bits per heavy atom. The molecule has 1 heterocycles. The zero-order chi connectivity index (χ0) is 17.6. The van der Waals surface area contributed by atoms with Gasteiger partial charge in [-0.2, -0.15) is 11.8 Å². The lowest BCUT2D eigenvalue weighted by molar-refractivity contribution is 0.00272. The summed E-state index contributed by atoms with van der Waals surface area (Å²) in [4.78, 5) is 6.98. The molecule has 1 unspecified atom stereocenters. The topological polar surface area (TPSA) is 48.9 Å². The minimum Gasteiger partial charge on any atom is -0.379 e. The number of hydrogen-bond acceptors (Lipinski definition) is 4. The Balaban J connectivity index is 2.46. The number of rotatable bonds is 11. The van der Waals surface area contributed by atoms with Crippen molar-refractivity contribution in [1.29, 1.82) is 0 Å². The number of unbranched alkanes of at least 4 members (excludes halogenated alkanes) is 1. The van der Waals surface area contributed by atoms with E-state index in [0.29, 0.717) is 6.04 Å². The van der Waals surface area contributed by atoms with E-state index in [2.05, 4.69) is 40.6 Å². The molecule has 1 aliphatic heterocycles. The van der Waals surface area contributed by atoms with Crippen LogP contribution in [0.1, 0.15) is 39.5 Å². The average Bonchev–Trinajstić information content (AvgIpc) is 2.63. The maximum absolute atomic E-state index is 5.53. The largest absolute Gasteiger partial charge is 0.379 e.